The van der Waals surface area contributed by atoms with Crippen LogP contribution in [0.2, 0.25) is 0 Å². The minimum absolute atomic E-state index is 0.113. The molecular formula is C9H9NO5. The maximum Gasteiger partial charge on any atom is 0.352 e. The first kappa shape index (κ1) is 11.0. The van der Waals surface area contributed by atoms with Crippen molar-refractivity contribution >= 4 is 18.2 Å². The van der Waals surface area contributed by atoms with Gasteiger partial charge in [0.1, 0.15) is 5.69 Å². The van der Waals surface area contributed by atoms with E-state index >= 15 is 0 Å². The number of aliphatic carboxylic acids is 1. The number of aromatic amines is 1. The van der Waals surface area contributed by atoms with Gasteiger partial charge in [0.2, 0.25) is 0 Å². The first-order valence-electron chi connectivity index (χ1n) is 4.16. The molecule has 0 unspecified atom stereocenters. The van der Waals surface area contributed by atoms with Gasteiger partial charge < -0.3 is 15.2 Å². The summed E-state index contributed by atoms with van der Waals surface area (Å²) in [6, 6.07) is 1.27. The number of aromatic carboxylic acids is 1. The van der Waals surface area contributed by atoms with Crippen molar-refractivity contribution < 1.29 is 24.6 Å². The second-order valence-corrected chi connectivity index (χ2v) is 2.94. The number of hydrogen-bond acceptors (Lipinski definition) is 3. The number of nitrogens with one attached hydrogen (secondary N) is 1. The molecule has 0 saturated carbocycles. The van der Waals surface area contributed by atoms with Crippen LogP contribution in [0.3, 0.4) is 0 Å². The summed E-state index contributed by atoms with van der Waals surface area (Å²) >= 11 is 0. The summed E-state index contributed by atoms with van der Waals surface area (Å²) in [7, 11) is 0. The highest BCUT2D eigenvalue weighted by Crippen LogP contribution is 2.11. The van der Waals surface area contributed by atoms with E-state index in [0.29, 0.717) is 11.8 Å². The van der Waals surface area contributed by atoms with E-state index in [1.807, 2.05) is 0 Å². The second-order valence-electron chi connectivity index (χ2n) is 2.94. The summed E-state index contributed by atoms with van der Waals surface area (Å²) in [6.45, 7) is 0. The maximum atomic E-state index is 10.6. The lowest BCUT2D eigenvalue weighted by Gasteiger charge is -1.93. The third kappa shape index (κ3) is 2.67. The fourth-order valence-corrected chi connectivity index (χ4v) is 1.18. The molecule has 0 aliphatic rings. The van der Waals surface area contributed by atoms with Crippen LogP contribution >= 0.6 is 0 Å². The van der Waals surface area contributed by atoms with Gasteiger partial charge in [0.15, 0.2) is 6.29 Å². The molecule has 0 aromatic carbocycles. The van der Waals surface area contributed by atoms with Crippen molar-refractivity contribution in [1.82, 2.24) is 4.98 Å². The van der Waals surface area contributed by atoms with Gasteiger partial charge in [0.05, 0.1) is 5.69 Å². The van der Waals surface area contributed by atoms with Crippen molar-refractivity contribution in [2.75, 3.05) is 0 Å². The zero-order chi connectivity index (χ0) is 11.4. The molecule has 0 aliphatic heterocycles. The standard InChI is InChI=1S/C9H9NO5/c11-4-7-5(1-2-8(12)13)3-6(10-7)9(14)15/h3-4,10H,1-2H2,(H,12,13)(H,14,15). The molecule has 0 spiro atoms. The lowest BCUT2D eigenvalue weighted by Crippen LogP contribution is -1.98. The van der Waals surface area contributed by atoms with E-state index in [1.54, 1.807) is 0 Å². The molecule has 15 heavy (non-hydrogen) atoms. The first-order chi connectivity index (χ1) is 7.04. The lowest BCUT2D eigenvalue weighted by atomic mass is 10.1. The number of carboxylic acid groups (broad SMARTS) is 2. The lowest BCUT2D eigenvalue weighted by molar-refractivity contribution is -0.136. The van der Waals surface area contributed by atoms with E-state index in [2.05, 4.69) is 4.98 Å². The average molecular weight is 211 g/mol. The Morgan fingerprint density at radius 2 is 2.07 bits per heavy atom. The SMILES string of the molecule is O=Cc1[nH]c(C(=O)O)cc1CCC(=O)O. The van der Waals surface area contributed by atoms with Crippen LogP contribution in [0, 0.1) is 0 Å². The van der Waals surface area contributed by atoms with Crippen LogP contribution in [0.5, 0.6) is 0 Å². The molecule has 3 N–H and O–H groups in total. The molecule has 6 nitrogen and oxygen atoms in total. The van der Waals surface area contributed by atoms with Gasteiger partial charge >= 0.3 is 11.9 Å². The topological polar surface area (TPSA) is 107 Å². The number of aromatic nitrogens is 1. The number of carbonyl (C=O) groups is 3. The van der Waals surface area contributed by atoms with Gasteiger partial charge in [-0.05, 0) is 18.1 Å². The Morgan fingerprint density at radius 1 is 1.40 bits per heavy atom. The van der Waals surface area contributed by atoms with Gasteiger partial charge in [0.25, 0.3) is 0 Å². The van der Waals surface area contributed by atoms with Crippen LogP contribution in [0.1, 0.15) is 33.0 Å². The highest BCUT2D eigenvalue weighted by Gasteiger charge is 2.12. The predicted molar refractivity (Wildman–Crippen MR) is 49.1 cm³/mol. The number of carboxylic acids is 2. The van der Waals surface area contributed by atoms with E-state index in [9.17, 15) is 14.4 Å². The summed E-state index contributed by atoms with van der Waals surface area (Å²) in [6.07, 6.45) is 0.467. The Kier molecular flexibility index (Phi) is 3.22. The normalized spacial score (nSPS) is 9.87. The minimum atomic E-state index is -1.18. The molecule has 1 aromatic rings. The largest absolute Gasteiger partial charge is 0.481 e. The van der Waals surface area contributed by atoms with Crippen LogP contribution in [0.15, 0.2) is 6.07 Å². The third-order valence-corrected chi connectivity index (χ3v) is 1.89. The Hall–Kier alpha value is -2.11. The van der Waals surface area contributed by atoms with Crippen LogP contribution in [-0.2, 0) is 11.2 Å². The maximum absolute atomic E-state index is 10.6. The molecule has 0 radical (unpaired) electrons. The molecule has 80 valence electrons. The number of aryl methyl sites for hydroxylation is 1. The molecule has 1 rings (SSSR count). The quantitative estimate of drug-likeness (QED) is 0.616. The highest BCUT2D eigenvalue weighted by atomic mass is 16.4. The Morgan fingerprint density at radius 3 is 2.53 bits per heavy atom. The summed E-state index contributed by atoms with van der Waals surface area (Å²) in [4.78, 5) is 33.8. The van der Waals surface area contributed by atoms with Crippen molar-refractivity contribution in [1.29, 1.82) is 0 Å². The summed E-state index contributed by atoms with van der Waals surface area (Å²) < 4.78 is 0. The highest BCUT2D eigenvalue weighted by molar-refractivity contribution is 5.88. The molecule has 0 bridgehead atoms. The molecule has 1 heterocycles. The van der Waals surface area contributed by atoms with Crippen LogP contribution in [-0.4, -0.2) is 33.4 Å². The fraction of sp³-hybridized carbons (Fsp3) is 0.222. The van der Waals surface area contributed by atoms with Crippen molar-refractivity contribution in [3.05, 3.63) is 23.0 Å². The summed E-state index contributed by atoms with van der Waals surface area (Å²) in [5.41, 5.74) is 0.413. The molecule has 0 aliphatic carbocycles. The smallest absolute Gasteiger partial charge is 0.352 e. The summed E-state index contributed by atoms with van der Waals surface area (Å²) in [5.74, 6) is -2.18. The number of hydrogen-bond donors (Lipinski definition) is 3. The molecule has 6 heteroatoms. The number of aldehydes is 1. The first-order valence-corrected chi connectivity index (χ1v) is 4.16. The number of rotatable bonds is 5. The average Bonchev–Trinajstić information content (AvgIpc) is 2.57. The molecule has 0 atom stereocenters. The van der Waals surface area contributed by atoms with E-state index in [1.165, 1.54) is 6.07 Å². The van der Waals surface area contributed by atoms with Gasteiger partial charge in [-0.15, -0.1) is 0 Å². The predicted octanol–water partition coefficient (Wildman–Crippen LogP) is 0.543. The number of carbonyl (C=O) groups excluding carboxylic acids is 1. The van der Waals surface area contributed by atoms with Crippen molar-refractivity contribution in [3.8, 4) is 0 Å². The zero-order valence-corrected chi connectivity index (χ0v) is 7.69. The Bertz CT molecular complexity index is 407. The molecule has 1 aromatic heterocycles. The number of H-pyrrole nitrogens is 1. The monoisotopic (exact) mass is 211 g/mol. The molecule has 0 fully saturated rings. The zero-order valence-electron chi connectivity index (χ0n) is 7.69. The van der Waals surface area contributed by atoms with Crippen LogP contribution in [0.4, 0.5) is 0 Å². The van der Waals surface area contributed by atoms with Crippen LogP contribution in [0.25, 0.3) is 0 Å². The van der Waals surface area contributed by atoms with E-state index in [4.69, 9.17) is 10.2 Å². The van der Waals surface area contributed by atoms with E-state index < -0.39 is 11.9 Å². The fourth-order valence-electron chi connectivity index (χ4n) is 1.18. The van der Waals surface area contributed by atoms with Crippen molar-refractivity contribution in [3.63, 3.8) is 0 Å². The van der Waals surface area contributed by atoms with Gasteiger partial charge in [-0.1, -0.05) is 0 Å². The van der Waals surface area contributed by atoms with E-state index in [-0.39, 0.29) is 24.2 Å². The Labute approximate surface area is 84.5 Å². The van der Waals surface area contributed by atoms with Gasteiger partial charge in [-0.2, -0.15) is 0 Å². The van der Waals surface area contributed by atoms with Gasteiger partial charge in [0, 0.05) is 6.42 Å². The van der Waals surface area contributed by atoms with Crippen LogP contribution < -0.4 is 0 Å². The van der Waals surface area contributed by atoms with Crippen molar-refractivity contribution in [2.45, 2.75) is 12.8 Å². The summed E-state index contributed by atoms with van der Waals surface area (Å²) in [5, 5.41) is 17.1. The third-order valence-electron chi connectivity index (χ3n) is 1.89. The molecule has 0 saturated heterocycles. The second kappa shape index (κ2) is 4.41. The van der Waals surface area contributed by atoms with Gasteiger partial charge in [-0.25, -0.2) is 4.79 Å². The van der Waals surface area contributed by atoms with Crippen molar-refractivity contribution in [2.24, 2.45) is 0 Å². The Balaban J connectivity index is 2.90. The molecule has 0 amide bonds. The molecular weight excluding hydrogens is 202 g/mol. The van der Waals surface area contributed by atoms with E-state index in [0.717, 1.165) is 0 Å². The minimum Gasteiger partial charge on any atom is -0.481 e. The van der Waals surface area contributed by atoms with Gasteiger partial charge in [-0.3, -0.25) is 9.59 Å².